The molecule has 0 radical (unpaired) electrons. The molecule has 0 aromatic carbocycles. The fourth-order valence-corrected chi connectivity index (χ4v) is 4.63. The van der Waals surface area contributed by atoms with E-state index < -0.39 is 0 Å². The lowest BCUT2D eigenvalue weighted by molar-refractivity contribution is 0.112. The first-order valence-electron chi connectivity index (χ1n) is 6.52. The Kier molecular flexibility index (Phi) is 3.41. The number of carbonyl (C=O) groups excluding carboxylic acids is 1. The molecule has 0 saturated carbocycles. The van der Waals surface area contributed by atoms with E-state index >= 15 is 0 Å². The van der Waals surface area contributed by atoms with Crippen molar-refractivity contribution in [3.63, 3.8) is 0 Å². The second kappa shape index (κ2) is 5.06. The predicted octanol–water partition coefficient (Wildman–Crippen LogP) is 3.70. The highest BCUT2D eigenvalue weighted by Gasteiger charge is 2.27. The van der Waals surface area contributed by atoms with Crippen LogP contribution in [0.3, 0.4) is 0 Å². The van der Waals surface area contributed by atoms with E-state index in [0.717, 1.165) is 41.4 Å². The molecule has 0 saturated heterocycles. The number of rotatable bonds is 3. The average molecular weight is 292 g/mol. The zero-order chi connectivity index (χ0) is 13.4. The van der Waals surface area contributed by atoms with Crippen molar-refractivity contribution in [3.8, 4) is 0 Å². The van der Waals surface area contributed by atoms with Crippen molar-refractivity contribution in [1.29, 1.82) is 0 Å². The molecule has 1 unspecified atom stereocenters. The molecule has 2 aromatic rings. The zero-order valence-electron chi connectivity index (χ0n) is 11.0. The molecule has 0 aliphatic carbocycles. The van der Waals surface area contributed by atoms with Crippen molar-refractivity contribution < 1.29 is 4.79 Å². The van der Waals surface area contributed by atoms with Gasteiger partial charge in [-0.2, -0.15) is 0 Å². The van der Waals surface area contributed by atoms with Crippen LogP contribution < -0.4 is 4.90 Å². The van der Waals surface area contributed by atoms with E-state index in [4.69, 9.17) is 0 Å². The van der Waals surface area contributed by atoms with Crippen LogP contribution in [-0.4, -0.2) is 17.8 Å². The van der Waals surface area contributed by atoms with E-state index in [1.807, 2.05) is 18.3 Å². The van der Waals surface area contributed by atoms with Crippen LogP contribution in [-0.2, 0) is 12.8 Å². The van der Waals surface area contributed by atoms with Gasteiger partial charge in [0.05, 0.1) is 16.6 Å². The fourth-order valence-electron chi connectivity index (χ4n) is 2.59. The van der Waals surface area contributed by atoms with Gasteiger partial charge in [-0.25, -0.2) is 4.98 Å². The van der Waals surface area contributed by atoms with Gasteiger partial charge in [-0.3, -0.25) is 4.79 Å². The summed E-state index contributed by atoms with van der Waals surface area (Å²) in [5.41, 5.74) is 2.34. The van der Waals surface area contributed by atoms with Gasteiger partial charge in [-0.1, -0.05) is 18.3 Å². The SMILES string of the molecule is CCc1nc(N2CCc3sccc3C2C)sc1C=O. The minimum absolute atomic E-state index is 0.352. The van der Waals surface area contributed by atoms with Crippen LogP contribution in [0, 0.1) is 0 Å². The predicted molar refractivity (Wildman–Crippen MR) is 80.7 cm³/mol. The van der Waals surface area contributed by atoms with Crippen LogP contribution in [0.4, 0.5) is 5.13 Å². The molecular weight excluding hydrogens is 276 g/mol. The van der Waals surface area contributed by atoms with Crippen molar-refractivity contribution in [1.82, 2.24) is 4.98 Å². The lowest BCUT2D eigenvalue weighted by atomic mass is 10.0. The molecule has 2 aromatic heterocycles. The molecule has 0 amide bonds. The maximum Gasteiger partial charge on any atom is 0.186 e. The molecule has 1 aliphatic heterocycles. The first-order chi connectivity index (χ1) is 9.24. The summed E-state index contributed by atoms with van der Waals surface area (Å²) >= 11 is 3.37. The maximum atomic E-state index is 11.1. The number of thiazole rings is 1. The maximum absolute atomic E-state index is 11.1. The van der Waals surface area contributed by atoms with Gasteiger partial charge < -0.3 is 4.90 Å². The number of hydrogen-bond donors (Lipinski definition) is 0. The number of aromatic nitrogens is 1. The second-order valence-electron chi connectivity index (χ2n) is 4.70. The van der Waals surface area contributed by atoms with Crippen LogP contribution in [0.1, 0.15) is 45.7 Å². The Labute approximate surface area is 120 Å². The van der Waals surface area contributed by atoms with Crippen molar-refractivity contribution in [3.05, 3.63) is 32.5 Å². The molecule has 3 nitrogen and oxygen atoms in total. The standard InChI is InChI=1S/C14H16N2OS2/c1-3-11-13(8-17)19-14(15-11)16-6-4-12-10(9(16)2)5-7-18-12/h5,7-9H,3-4,6H2,1-2H3. The highest BCUT2D eigenvalue weighted by atomic mass is 32.1. The molecule has 3 rings (SSSR count). The molecule has 1 aliphatic rings. The molecule has 0 spiro atoms. The van der Waals surface area contributed by atoms with Gasteiger partial charge in [0.25, 0.3) is 0 Å². The van der Waals surface area contributed by atoms with E-state index in [2.05, 4.69) is 28.3 Å². The highest BCUT2D eigenvalue weighted by molar-refractivity contribution is 7.17. The summed E-state index contributed by atoms with van der Waals surface area (Å²) < 4.78 is 0. The molecule has 0 fully saturated rings. The minimum Gasteiger partial charge on any atom is -0.341 e. The van der Waals surface area contributed by atoms with E-state index in [1.54, 1.807) is 0 Å². The molecule has 0 bridgehead atoms. The molecule has 19 heavy (non-hydrogen) atoms. The normalized spacial score (nSPS) is 18.4. The fraction of sp³-hybridized carbons (Fsp3) is 0.429. The Morgan fingerprint density at radius 3 is 3.11 bits per heavy atom. The van der Waals surface area contributed by atoms with Crippen LogP contribution in [0.5, 0.6) is 0 Å². The number of thiophene rings is 1. The Morgan fingerprint density at radius 2 is 2.42 bits per heavy atom. The molecular formula is C14H16N2OS2. The third-order valence-corrected chi connectivity index (χ3v) is 5.74. The third-order valence-electron chi connectivity index (χ3n) is 3.68. The Hall–Kier alpha value is -1.20. The zero-order valence-corrected chi connectivity index (χ0v) is 12.7. The summed E-state index contributed by atoms with van der Waals surface area (Å²) in [7, 11) is 0. The Morgan fingerprint density at radius 1 is 1.58 bits per heavy atom. The minimum atomic E-state index is 0.352. The van der Waals surface area contributed by atoms with Gasteiger partial charge >= 0.3 is 0 Å². The van der Waals surface area contributed by atoms with Crippen molar-refractivity contribution in [2.24, 2.45) is 0 Å². The van der Waals surface area contributed by atoms with Crippen LogP contribution in [0.25, 0.3) is 0 Å². The van der Waals surface area contributed by atoms with Gasteiger partial charge in [0.15, 0.2) is 11.4 Å². The van der Waals surface area contributed by atoms with Gasteiger partial charge in [-0.15, -0.1) is 11.3 Å². The summed E-state index contributed by atoms with van der Waals surface area (Å²) in [6.07, 6.45) is 2.83. The first kappa shape index (κ1) is 12.8. The van der Waals surface area contributed by atoms with Gasteiger partial charge in [0.1, 0.15) is 0 Å². The summed E-state index contributed by atoms with van der Waals surface area (Å²) in [5, 5.41) is 3.16. The number of aldehydes is 1. The number of carbonyl (C=O) groups is 1. The van der Waals surface area contributed by atoms with Crippen LogP contribution >= 0.6 is 22.7 Å². The van der Waals surface area contributed by atoms with E-state index in [9.17, 15) is 4.79 Å². The Balaban J connectivity index is 1.95. The van der Waals surface area contributed by atoms with Gasteiger partial charge in [0.2, 0.25) is 0 Å². The quantitative estimate of drug-likeness (QED) is 0.809. The van der Waals surface area contributed by atoms with E-state index in [1.165, 1.54) is 21.8 Å². The summed E-state index contributed by atoms with van der Waals surface area (Å²) in [6.45, 7) is 5.25. The first-order valence-corrected chi connectivity index (χ1v) is 8.22. The molecule has 0 N–H and O–H groups in total. The topological polar surface area (TPSA) is 33.2 Å². The Bertz CT molecular complexity index is 602. The lowest BCUT2D eigenvalue weighted by Gasteiger charge is -2.33. The molecule has 5 heteroatoms. The number of hydrogen-bond acceptors (Lipinski definition) is 5. The summed E-state index contributed by atoms with van der Waals surface area (Å²) in [6, 6.07) is 2.57. The monoisotopic (exact) mass is 292 g/mol. The van der Waals surface area contributed by atoms with Crippen LogP contribution in [0.2, 0.25) is 0 Å². The largest absolute Gasteiger partial charge is 0.341 e. The van der Waals surface area contributed by atoms with E-state index in [-0.39, 0.29) is 0 Å². The smallest absolute Gasteiger partial charge is 0.186 e. The van der Waals surface area contributed by atoms with Gasteiger partial charge in [0, 0.05) is 11.4 Å². The third kappa shape index (κ3) is 2.11. The second-order valence-corrected chi connectivity index (χ2v) is 6.71. The van der Waals surface area contributed by atoms with Crippen molar-refractivity contribution in [2.75, 3.05) is 11.4 Å². The van der Waals surface area contributed by atoms with E-state index in [0.29, 0.717) is 6.04 Å². The summed E-state index contributed by atoms with van der Waals surface area (Å²) in [5.74, 6) is 0. The molecule has 100 valence electrons. The van der Waals surface area contributed by atoms with Crippen molar-refractivity contribution in [2.45, 2.75) is 32.7 Å². The molecule has 1 atom stereocenters. The average Bonchev–Trinajstić information content (AvgIpc) is 3.04. The van der Waals surface area contributed by atoms with Crippen molar-refractivity contribution >= 4 is 34.1 Å². The number of aryl methyl sites for hydroxylation is 1. The van der Waals surface area contributed by atoms with Gasteiger partial charge in [-0.05, 0) is 36.8 Å². The number of fused-ring (bicyclic) bond motifs is 1. The summed E-state index contributed by atoms with van der Waals surface area (Å²) in [4.78, 5) is 20.3. The number of anilines is 1. The molecule has 3 heterocycles. The van der Waals surface area contributed by atoms with Crippen LogP contribution in [0.15, 0.2) is 11.4 Å². The highest BCUT2D eigenvalue weighted by Crippen LogP contribution is 2.38. The number of nitrogens with zero attached hydrogens (tertiary/aromatic N) is 2. The lowest BCUT2D eigenvalue weighted by Crippen LogP contribution is -2.32.